The molecule has 0 aliphatic heterocycles. The molecule has 112 valence electrons. The molecule has 0 bridgehead atoms. The largest absolute Gasteiger partial charge is 0.350 e. The smallest absolute Gasteiger partial charge is 0.268 e. The Morgan fingerprint density at radius 3 is 2.62 bits per heavy atom. The lowest BCUT2D eigenvalue weighted by Crippen LogP contribution is -2.45. The first-order chi connectivity index (χ1) is 9.74. The molecule has 1 heterocycles. The maximum atomic E-state index is 12.0. The van der Waals surface area contributed by atoms with Gasteiger partial charge in [0.25, 0.3) is 5.91 Å². The maximum Gasteiger partial charge on any atom is 0.268 e. The van der Waals surface area contributed by atoms with Crippen LogP contribution in [0.5, 0.6) is 0 Å². The van der Waals surface area contributed by atoms with Gasteiger partial charge in [0.15, 0.2) is 0 Å². The number of rotatable bonds is 3. The minimum atomic E-state index is -0.310. The Bertz CT molecular complexity index is 686. The van der Waals surface area contributed by atoms with Crippen LogP contribution in [0, 0.1) is 0 Å². The van der Waals surface area contributed by atoms with Crippen LogP contribution in [0.3, 0.4) is 0 Å². The molecule has 0 aliphatic carbocycles. The first-order valence-electron chi connectivity index (χ1n) is 6.62. The van der Waals surface area contributed by atoms with E-state index in [1.54, 1.807) is 6.07 Å². The molecule has 0 unspecified atom stereocenters. The summed E-state index contributed by atoms with van der Waals surface area (Å²) in [6.45, 7) is 5.63. The molecule has 0 saturated heterocycles. The topological polar surface area (TPSA) is 74.0 Å². The van der Waals surface area contributed by atoms with Crippen LogP contribution >= 0.6 is 15.9 Å². The molecule has 3 N–H and O–H groups in total. The Kier molecular flexibility index (Phi) is 4.37. The summed E-state index contributed by atoms with van der Waals surface area (Å²) >= 11 is 3.38. The van der Waals surface area contributed by atoms with Crippen LogP contribution in [0.4, 0.5) is 0 Å². The van der Waals surface area contributed by atoms with E-state index < -0.39 is 0 Å². The van der Waals surface area contributed by atoms with Crippen molar-refractivity contribution in [2.24, 2.45) is 0 Å². The van der Waals surface area contributed by atoms with Crippen molar-refractivity contribution in [1.29, 1.82) is 0 Å². The van der Waals surface area contributed by atoms with E-state index in [0.717, 1.165) is 15.4 Å². The van der Waals surface area contributed by atoms with Crippen LogP contribution in [0.25, 0.3) is 10.9 Å². The molecular formula is C15H18BrN3O2. The summed E-state index contributed by atoms with van der Waals surface area (Å²) in [7, 11) is 0. The van der Waals surface area contributed by atoms with Gasteiger partial charge in [-0.1, -0.05) is 22.0 Å². The second-order valence-corrected chi connectivity index (χ2v) is 6.81. The number of halogens is 1. The van der Waals surface area contributed by atoms with E-state index in [2.05, 4.69) is 31.5 Å². The van der Waals surface area contributed by atoms with Crippen LogP contribution in [0.1, 0.15) is 31.3 Å². The molecule has 0 aliphatic rings. The number of fused-ring (bicyclic) bond motifs is 1. The van der Waals surface area contributed by atoms with E-state index in [4.69, 9.17) is 0 Å². The van der Waals surface area contributed by atoms with Gasteiger partial charge >= 0.3 is 0 Å². The zero-order valence-corrected chi connectivity index (χ0v) is 13.8. The van der Waals surface area contributed by atoms with Crippen LogP contribution in [-0.4, -0.2) is 28.9 Å². The van der Waals surface area contributed by atoms with E-state index in [0.29, 0.717) is 5.69 Å². The fraction of sp³-hybridized carbons (Fsp3) is 0.333. The van der Waals surface area contributed by atoms with E-state index in [1.165, 1.54) is 0 Å². The second kappa shape index (κ2) is 5.89. The summed E-state index contributed by atoms with van der Waals surface area (Å²) in [5.41, 5.74) is 0.996. The standard InChI is InChI=1S/C15H18BrN3O2/c1-15(2,3)19-13(20)8-17-14(21)12-6-9-4-5-10(16)7-11(9)18-12/h4-7,18H,8H2,1-3H3,(H,17,21)(H,19,20). The highest BCUT2D eigenvalue weighted by Crippen LogP contribution is 2.20. The Labute approximate surface area is 131 Å². The second-order valence-electron chi connectivity index (χ2n) is 5.90. The third-order valence-corrected chi connectivity index (χ3v) is 3.25. The summed E-state index contributed by atoms with van der Waals surface area (Å²) < 4.78 is 0.938. The van der Waals surface area contributed by atoms with E-state index in [1.807, 2.05) is 39.0 Å². The average molecular weight is 352 g/mol. The Morgan fingerprint density at radius 2 is 1.95 bits per heavy atom. The highest BCUT2D eigenvalue weighted by molar-refractivity contribution is 9.10. The van der Waals surface area contributed by atoms with Crippen molar-refractivity contribution < 1.29 is 9.59 Å². The number of carbonyl (C=O) groups is 2. The third-order valence-electron chi connectivity index (χ3n) is 2.75. The van der Waals surface area contributed by atoms with Crippen molar-refractivity contribution in [2.45, 2.75) is 26.3 Å². The molecular weight excluding hydrogens is 334 g/mol. The van der Waals surface area contributed by atoms with Crippen LogP contribution in [-0.2, 0) is 4.79 Å². The quantitative estimate of drug-likeness (QED) is 0.794. The fourth-order valence-corrected chi connectivity index (χ4v) is 2.30. The SMILES string of the molecule is CC(C)(C)NC(=O)CNC(=O)c1cc2ccc(Br)cc2[nH]1. The summed E-state index contributed by atoms with van der Waals surface area (Å²) in [4.78, 5) is 26.7. The number of nitrogens with one attached hydrogen (secondary N) is 3. The molecule has 5 nitrogen and oxygen atoms in total. The highest BCUT2D eigenvalue weighted by Gasteiger charge is 2.15. The van der Waals surface area contributed by atoms with Crippen LogP contribution in [0.2, 0.25) is 0 Å². The van der Waals surface area contributed by atoms with Crippen molar-refractivity contribution >= 4 is 38.6 Å². The van der Waals surface area contributed by atoms with Crippen molar-refractivity contribution in [3.8, 4) is 0 Å². The van der Waals surface area contributed by atoms with E-state index in [9.17, 15) is 9.59 Å². The molecule has 2 aromatic rings. The lowest BCUT2D eigenvalue weighted by Gasteiger charge is -2.20. The zero-order valence-electron chi connectivity index (χ0n) is 12.2. The number of hydrogen-bond acceptors (Lipinski definition) is 2. The molecule has 21 heavy (non-hydrogen) atoms. The normalized spacial score (nSPS) is 11.4. The Hall–Kier alpha value is -1.82. The Morgan fingerprint density at radius 1 is 1.24 bits per heavy atom. The van der Waals surface area contributed by atoms with Gasteiger partial charge in [0.2, 0.25) is 5.91 Å². The molecule has 2 amide bonds. The molecule has 6 heteroatoms. The third kappa shape index (κ3) is 4.32. The number of aromatic amines is 1. The number of hydrogen-bond donors (Lipinski definition) is 3. The summed E-state index contributed by atoms with van der Waals surface area (Å²) in [5.74, 6) is -0.513. The molecule has 0 radical (unpaired) electrons. The van der Waals surface area contributed by atoms with Gasteiger partial charge in [0.1, 0.15) is 5.69 Å². The predicted octanol–water partition coefficient (Wildman–Crippen LogP) is 2.57. The van der Waals surface area contributed by atoms with Gasteiger partial charge in [-0.2, -0.15) is 0 Å². The summed E-state index contributed by atoms with van der Waals surface area (Å²) in [6, 6.07) is 7.49. The van der Waals surface area contributed by atoms with Crippen molar-refractivity contribution in [1.82, 2.24) is 15.6 Å². The first-order valence-corrected chi connectivity index (χ1v) is 7.41. The fourth-order valence-electron chi connectivity index (χ4n) is 1.94. The minimum Gasteiger partial charge on any atom is -0.350 e. The molecule has 0 spiro atoms. The van der Waals surface area contributed by atoms with Gasteiger partial charge in [-0.3, -0.25) is 9.59 Å². The highest BCUT2D eigenvalue weighted by atomic mass is 79.9. The molecule has 0 atom stereocenters. The van der Waals surface area contributed by atoms with Gasteiger partial charge in [-0.15, -0.1) is 0 Å². The van der Waals surface area contributed by atoms with Crippen molar-refractivity contribution in [2.75, 3.05) is 6.54 Å². The van der Waals surface area contributed by atoms with Gasteiger partial charge in [0, 0.05) is 20.9 Å². The number of amides is 2. The minimum absolute atomic E-state index is 0.0465. The average Bonchev–Trinajstić information content (AvgIpc) is 2.76. The number of carbonyl (C=O) groups excluding carboxylic acids is 2. The molecule has 2 rings (SSSR count). The predicted molar refractivity (Wildman–Crippen MR) is 86.2 cm³/mol. The number of benzene rings is 1. The van der Waals surface area contributed by atoms with Gasteiger partial charge in [-0.25, -0.2) is 0 Å². The Balaban J connectivity index is 2.01. The lowest BCUT2D eigenvalue weighted by atomic mass is 10.1. The lowest BCUT2D eigenvalue weighted by molar-refractivity contribution is -0.121. The molecule has 1 aromatic carbocycles. The molecule has 1 aromatic heterocycles. The van der Waals surface area contributed by atoms with Crippen LogP contribution < -0.4 is 10.6 Å². The zero-order chi connectivity index (χ0) is 15.6. The number of H-pyrrole nitrogens is 1. The first kappa shape index (κ1) is 15.6. The van der Waals surface area contributed by atoms with Crippen LogP contribution in [0.15, 0.2) is 28.7 Å². The van der Waals surface area contributed by atoms with Crippen molar-refractivity contribution in [3.63, 3.8) is 0 Å². The summed E-state index contributed by atoms with van der Waals surface area (Å²) in [6.07, 6.45) is 0. The maximum absolute atomic E-state index is 12.0. The molecule has 0 fully saturated rings. The monoisotopic (exact) mass is 351 g/mol. The number of aromatic nitrogens is 1. The van der Waals surface area contributed by atoms with Gasteiger partial charge in [0.05, 0.1) is 6.54 Å². The van der Waals surface area contributed by atoms with Gasteiger partial charge in [-0.05, 0) is 39.0 Å². The van der Waals surface area contributed by atoms with E-state index >= 15 is 0 Å². The van der Waals surface area contributed by atoms with E-state index in [-0.39, 0.29) is 23.9 Å². The van der Waals surface area contributed by atoms with Crippen molar-refractivity contribution in [3.05, 3.63) is 34.4 Å². The molecule has 0 saturated carbocycles. The van der Waals surface area contributed by atoms with Gasteiger partial charge < -0.3 is 15.6 Å². The summed E-state index contributed by atoms with van der Waals surface area (Å²) in [5, 5.41) is 6.34.